The average Bonchev–Trinajstić information content (AvgIpc) is 2.65. The minimum Gasteiger partial charge on any atom is -0.462 e. The maximum atomic E-state index is 11.5. The molecular formula is C22H34O5. The summed E-state index contributed by atoms with van der Waals surface area (Å²) in [7, 11) is 1.62. The van der Waals surface area contributed by atoms with Crippen LogP contribution in [0.3, 0.4) is 0 Å². The first-order valence-corrected chi connectivity index (χ1v) is 9.99. The molecule has 0 N–H and O–H groups in total. The molecule has 0 aromatic carbocycles. The highest BCUT2D eigenvalue weighted by Gasteiger charge is 2.56. The van der Waals surface area contributed by atoms with Crippen LogP contribution in [-0.2, 0) is 23.8 Å². The summed E-state index contributed by atoms with van der Waals surface area (Å²) in [4.78, 5) is 22.0. The zero-order valence-corrected chi connectivity index (χ0v) is 16.9. The average molecular weight is 379 g/mol. The van der Waals surface area contributed by atoms with Gasteiger partial charge in [0.1, 0.15) is 5.60 Å². The smallest absolute Gasteiger partial charge is 0.330 e. The maximum absolute atomic E-state index is 11.5. The fourth-order valence-electron chi connectivity index (χ4n) is 5.05. The van der Waals surface area contributed by atoms with Crippen molar-refractivity contribution in [1.29, 1.82) is 0 Å². The van der Waals surface area contributed by atoms with E-state index < -0.39 is 0 Å². The van der Waals surface area contributed by atoms with Gasteiger partial charge < -0.3 is 14.2 Å². The van der Waals surface area contributed by atoms with Crippen molar-refractivity contribution in [2.45, 2.75) is 64.1 Å². The summed E-state index contributed by atoms with van der Waals surface area (Å²) in [5, 5.41) is 0. The quantitative estimate of drug-likeness (QED) is 0.494. The molecule has 0 aromatic heterocycles. The number of hydrogen-bond donors (Lipinski definition) is 0. The molecule has 4 aliphatic carbocycles. The van der Waals surface area contributed by atoms with Crippen molar-refractivity contribution in [3.05, 3.63) is 25.3 Å². The van der Waals surface area contributed by atoms with Crippen molar-refractivity contribution in [3.8, 4) is 0 Å². The first-order valence-electron chi connectivity index (χ1n) is 9.99. The highest BCUT2D eigenvalue weighted by atomic mass is 16.6. The lowest BCUT2D eigenvalue weighted by atomic mass is 9.50. The summed E-state index contributed by atoms with van der Waals surface area (Å²) < 4.78 is 15.4. The van der Waals surface area contributed by atoms with Crippen LogP contribution in [0.1, 0.15) is 52.4 Å². The van der Waals surface area contributed by atoms with Gasteiger partial charge in [-0.05, 0) is 69.6 Å². The number of hydrogen-bond acceptors (Lipinski definition) is 5. The predicted octanol–water partition coefficient (Wildman–Crippen LogP) is 4.07. The van der Waals surface area contributed by atoms with E-state index in [1.54, 1.807) is 7.11 Å². The highest BCUT2D eigenvalue weighted by Crippen LogP contribution is 2.59. The molecule has 5 heteroatoms. The van der Waals surface area contributed by atoms with E-state index in [1.165, 1.54) is 38.2 Å². The zero-order chi connectivity index (χ0) is 20.0. The second-order valence-electron chi connectivity index (χ2n) is 8.32. The Morgan fingerprint density at radius 3 is 2.00 bits per heavy atom. The number of ether oxygens (including phenoxy) is 3. The minimum absolute atomic E-state index is 0.132. The van der Waals surface area contributed by atoms with Crippen molar-refractivity contribution >= 4 is 11.9 Å². The lowest BCUT2D eigenvalue weighted by molar-refractivity contribution is -0.198. The largest absolute Gasteiger partial charge is 0.462 e. The minimum atomic E-state index is -0.381. The summed E-state index contributed by atoms with van der Waals surface area (Å²) >= 11 is 0. The topological polar surface area (TPSA) is 61.8 Å². The van der Waals surface area contributed by atoms with E-state index in [0.717, 1.165) is 24.3 Å². The molecule has 0 radical (unpaired) electrons. The van der Waals surface area contributed by atoms with Crippen LogP contribution >= 0.6 is 0 Å². The summed E-state index contributed by atoms with van der Waals surface area (Å²) in [6, 6.07) is 0. The molecule has 4 saturated carbocycles. The Bertz CT molecular complexity index is 525. The second-order valence-corrected chi connectivity index (χ2v) is 8.32. The fourth-order valence-corrected chi connectivity index (χ4v) is 5.05. The normalized spacial score (nSPS) is 34.0. The van der Waals surface area contributed by atoms with Gasteiger partial charge in [-0.1, -0.05) is 13.2 Å². The molecule has 27 heavy (non-hydrogen) atoms. The Hall–Kier alpha value is -1.62. The first-order chi connectivity index (χ1) is 12.8. The third kappa shape index (κ3) is 5.44. The van der Waals surface area contributed by atoms with Gasteiger partial charge in [-0.15, -0.1) is 0 Å². The first kappa shape index (κ1) is 21.7. The summed E-state index contributed by atoms with van der Waals surface area (Å²) in [6.45, 7) is 11.2. The summed E-state index contributed by atoms with van der Waals surface area (Å²) in [6.07, 6.45) is 9.82. The molecule has 0 aromatic rings. The second kappa shape index (κ2) is 9.54. The predicted molar refractivity (Wildman–Crippen MR) is 104 cm³/mol. The van der Waals surface area contributed by atoms with E-state index in [-0.39, 0.29) is 23.6 Å². The zero-order valence-electron chi connectivity index (χ0n) is 16.9. The van der Waals surface area contributed by atoms with E-state index in [1.807, 2.05) is 6.92 Å². The molecule has 152 valence electrons. The van der Waals surface area contributed by atoms with E-state index in [0.29, 0.717) is 18.4 Å². The molecule has 4 rings (SSSR count). The lowest BCUT2D eigenvalue weighted by Gasteiger charge is -2.58. The van der Waals surface area contributed by atoms with Gasteiger partial charge in [0.25, 0.3) is 0 Å². The van der Waals surface area contributed by atoms with E-state index in [2.05, 4.69) is 20.1 Å². The van der Waals surface area contributed by atoms with Crippen LogP contribution in [0.2, 0.25) is 0 Å². The van der Waals surface area contributed by atoms with Gasteiger partial charge in [0.2, 0.25) is 0 Å². The third-order valence-corrected chi connectivity index (χ3v) is 6.58. The SMILES string of the molecule is C=CC(=O)OC1(C)C2CC3CC(C2)CC1C3.C=CC(=O)OCCC(C)OC. The van der Waals surface area contributed by atoms with Crippen LogP contribution in [0.25, 0.3) is 0 Å². The van der Waals surface area contributed by atoms with Gasteiger partial charge in [-0.3, -0.25) is 0 Å². The summed E-state index contributed by atoms with van der Waals surface area (Å²) in [5.74, 6) is 2.42. The van der Waals surface area contributed by atoms with Crippen LogP contribution in [-0.4, -0.2) is 37.4 Å². The molecule has 0 spiro atoms. The Morgan fingerprint density at radius 1 is 1.04 bits per heavy atom. The molecule has 0 heterocycles. The molecule has 0 saturated heterocycles. The van der Waals surface area contributed by atoms with Crippen LogP contribution in [0.15, 0.2) is 25.3 Å². The highest BCUT2D eigenvalue weighted by molar-refractivity contribution is 5.81. The standard InChI is InChI=1S/C14H20O2.C8H14O3/c1-3-13(15)16-14(2)11-5-9-4-10(7-11)8-12(14)6-9;1-4-8(9)11-6-5-7(2)10-3/h3,9-12H,1,4-8H2,2H3;4,7H,1,5-6H2,2-3H3. The van der Waals surface area contributed by atoms with Crippen LogP contribution in [0, 0.1) is 23.7 Å². The molecule has 4 bridgehead atoms. The number of carbonyl (C=O) groups excluding carboxylic acids is 2. The van der Waals surface area contributed by atoms with Gasteiger partial charge in [-0.2, -0.15) is 0 Å². The van der Waals surface area contributed by atoms with Crippen LogP contribution < -0.4 is 0 Å². The van der Waals surface area contributed by atoms with E-state index in [4.69, 9.17) is 14.2 Å². The molecule has 0 aliphatic heterocycles. The van der Waals surface area contributed by atoms with Gasteiger partial charge >= 0.3 is 11.9 Å². The lowest BCUT2D eigenvalue weighted by Crippen LogP contribution is -2.57. The number of methoxy groups -OCH3 is 1. The molecule has 5 nitrogen and oxygen atoms in total. The van der Waals surface area contributed by atoms with E-state index >= 15 is 0 Å². The summed E-state index contributed by atoms with van der Waals surface area (Å²) in [5.41, 5.74) is -0.196. The molecular weight excluding hydrogens is 344 g/mol. The Kier molecular flexibility index (Phi) is 7.66. The number of rotatable bonds is 7. The van der Waals surface area contributed by atoms with Crippen molar-refractivity contribution in [2.75, 3.05) is 13.7 Å². The fraction of sp³-hybridized carbons (Fsp3) is 0.727. The van der Waals surface area contributed by atoms with Gasteiger partial charge in [0, 0.05) is 25.7 Å². The van der Waals surface area contributed by atoms with Gasteiger partial charge in [0.15, 0.2) is 0 Å². The van der Waals surface area contributed by atoms with Crippen molar-refractivity contribution < 1.29 is 23.8 Å². The van der Waals surface area contributed by atoms with Crippen LogP contribution in [0.4, 0.5) is 0 Å². The maximum Gasteiger partial charge on any atom is 0.330 e. The van der Waals surface area contributed by atoms with Gasteiger partial charge in [-0.25, -0.2) is 9.59 Å². The number of carbonyl (C=O) groups is 2. The van der Waals surface area contributed by atoms with Crippen molar-refractivity contribution in [3.63, 3.8) is 0 Å². The molecule has 4 fully saturated rings. The third-order valence-electron chi connectivity index (χ3n) is 6.58. The Morgan fingerprint density at radius 2 is 1.56 bits per heavy atom. The molecule has 1 unspecified atom stereocenters. The molecule has 0 amide bonds. The Balaban J connectivity index is 0.000000211. The molecule has 1 atom stereocenters. The molecule has 4 aliphatic rings. The number of esters is 2. The van der Waals surface area contributed by atoms with Crippen molar-refractivity contribution in [1.82, 2.24) is 0 Å². The van der Waals surface area contributed by atoms with Gasteiger partial charge in [0.05, 0.1) is 12.7 Å². The van der Waals surface area contributed by atoms with Crippen LogP contribution in [0.5, 0.6) is 0 Å². The monoisotopic (exact) mass is 378 g/mol. The van der Waals surface area contributed by atoms with E-state index in [9.17, 15) is 9.59 Å². The van der Waals surface area contributed by atoms with Crippen molar-refractivity contribution in [2.24, 2.45) is 23.7 Å². The Labute approximate surface area is 163 Å².